The second kappa shape index (κ2) is 5.21. The summed E-state index contributed by atoms with van der Waals surface area (Å²) in [5.74, 6) is 0.387. The number of aromatic nitrogens is 4. The van der Waals surface area contributed by atoms with E-state index in [-0.39, 0.29) is 11.1 Å². The van der Waals surface area contributed by atoms with Crippen molar-refractivity contribution in [1.82, 2.24) is 19.9 Å². The van der Waals surface area contributed by atoms with Gasteiger partial charge in [-0.15, -0.1) is 4.73 Å². The van der Waals surface area contributed by atoms with Gasteiger partial charge in [0.25, 0.3) is 5.56 Å². The van der Waals surface area contributed by atoms with Crippen molar-refractivity contribution in [2.45, 2.75) is 0 Å². The molecule has 0 unspecified atom stereocenters. The van der Waals surface area contributed by atoms with Crippen LogP contribution < -0.4 is 11.3 Å². The van der Waals surface area contributed by atoms with Crippen molar-refractivity contribution in [2.75, 3.05) is 5.73 Å². The summed E-state index contributed by atoms with van der Waals surface area (Å²) < 4.78 is 0.616. The molecule has 0 aliphatic carbocycles. The van der Waals surface area contributed by atoms with E-state index < -0.39 is 5.56 Å². The molecule has 8 heteroatoms. The van der Waals surface area contributed by atoms with Crippen LogP contribution in [0.4, 0.5) is 5.82 Å². The van der Waals surface area contributed by atoms with Crippen LogP contribution in [0.25, 0.3) is 44.0 Å². The number of phenols is 1. The molecule has 0 bridgehead atoms. The first-order valence-corrected chi connectivity index (χ1v) is 8.16. The molecule has 0 saturated carbocycles. The number of hydrogen-bond acceptors (Lipinski definition) is 6. The molecule has 5 aromatic rings. The van der Waals surface area contributed by atoms with Gasteiger partial charge in [-0.05, 0) is 30.3 Å². The van der Waals surface area contributed by atoms with Gasteiger partial charge in [0, 0.05) is 16.3 Å². The first kappa shape index (κ1) is 15.2. The Hall–Kier alpha value is -4.07. The van der Waals surface area contributed by atoms with Crippen LogP contribution in [-0.2, 0) is 0 Å². The first-order valence-electron chi connectivity index (χ1n) is 8.16. The number of nitrogens with one attached hydrogen (secondary N) is 1. The molecule has 132 valence electrons. The van der Waals surface area contributed by atoms with Crippen molar-refractivity contribution >= 4 is 38.5 Å². The summed E-state index contributed by atoms with van der Waals surface area (Å²) in [5, 5.41) is 28.8. The molecule has 5 rings (SSSR count). The molecule has 0 fully saturated rings. The number of fused-ring (bicyclic) bond motifs is 5. The Morgan fingerprint density at radius 1 is 1.00 bits per heavy atom. The molecular weight excluding hydrogens is 346 g/mol. The summed E-state index contributed by atoms with van der Waals surface area (Å²) in [6.45, 7) is 0. The van der Waals surface area contributed by atoms with E-state index in [2.05, 4.69) is 15.2 Å². The number of H-pyrrole nitrogens is 1. The van der Waals surface area contributed by atoms with Crippen LogP contribution >= 0.6 is 0 Å². The maximum Gasteiger partial charge on any atom is 0.293 e. The van der Waals surface area contributed by atoms with Crippen LogP contribution in [0.5, 0.6) is 5.75 Å². The van der Waals surface area contributed by atoms with E-state index in [1.165, 1.54) is 12.1 Å². The minimum Gasteiger partial charge on any atom is -0.508 e. The number of hydrogen-bond donors (Lipinski definition) is 4. The lowest BCUT2D eigenvalue weighted by Crippen LogP contribution is -2.19. The summed E-state index contributed by atoms with van der Waals surface area (Å²) in [6.07, 6.45) is 0. The van der Waals surface area contributed by atoms with Gasteiger partial charge in [0.15, 0.2) is 5.65 Å². The Morgan fingerprint density at radius 3 is 2.52 bits per heavy atom. The zero-order chi connectivity index (χ0) is 18.7. The molecule has 0 saturated heterocycles. The lowest BCUT2D eigenvalue weighted by atomic mass is 9.99. The molecule has 0 radical (unpaired) electrons. The third-order valence-corrected chi connectivity index (χ3v) is 4.68. The molecule has 3 heterocycles. The average Bonchev–Trinajstić information content (AvgIpc) is 3.06. The number of aromatic amines is 1. The summed E-state index contributed by atoms with van der Waals surface area (Å²) in [7, 11) is 0. The molecule has 0 spiro atoms. The van der Waals surface area contributed by atoms with Crippen LogP contribution in [0.15, 0.2) is 53.3 Å². The van der Waals surface area contributed by atoms with Gasteiger partial charge in [0.2, 0.25) is 0 Å². The molecule has 0 amide bonds. The topological polar surface area (TPSA) is 130 Å². The van der Waals surface area contributed by atoms with Crippen molar-refractivity contribution in [3.8, 4) is 17.0 Å². The number of aromatic hydroxyl groups is 1. The number of rotatable bonds is 1. The van der Waals surface area contributed by atoms with Crippen LogP contribution in [0.2, 0.25) is 0 Å². The normalized spacial score (nSPS) is 11.6. The number of para-hydroxylation sites is 1. The minimum absolute atomic E-state index is 0.0955. The molecule has 3 aromatic heterocycles. The Kier molecular flexibility index (Phi) is 2.94. The SMILES string of the molecule is Nc1[nH]nc2nc(-c3ccc(O)cc3)c3c(=O)n(O)c4ccccc4c3c12. The molecule has 27 heavy (non-hydrogen) atoms. The van der Waals surface area contributed by atoms with Crippen LogP contribution in [0.1, 0.15) is 0 Å². The molecule has 0 aliphatic rings. The highest BCUT2D eigenvalue weighted by molar-refractivity contribution is 6.23. The van der Waals surface area contributed by atoms with Crippen LogP contribution in [-0.4, -0.2) is 30.2 Å². The second-order valence-corrected chi connectivity index (χ2v) is 6.23. The number of phenolic OH excluding ortho intramolecular Hbond substituents is 1. The van der Waals surface area contributed by atoms with E-state index in [9.17, 15) is 15.1 Å². The van der Waals surface area contributed by atoms with Gasteiger partial charge in [-0.2, -0.15) is 5.10 Å². The third kappa shape index (κ3) is 2.00. The maximum atomic E-state index is 13.0. The third-order valence-electron chi connectivity index (χ3n) is 4.68. The van der Waals surface area contributed by atoms with Gasteiger partial charge in [-0.3, -0.25) is 9.89 Å². The maximum absolute atomic E-state index is 13.0. The average molecular weight is 359 g/mol. The number of anilines is 1. The monoisotopic (exact) mass is 359 g/mol. The first-order chi connectivity index (χ1) is 13.1. The summed E-state index contributed by atoms with van der Waals surface area (Å²) in [5.41, 5.74) is 7.14. The highest BCUT2D eigenvalue weighted by atomic mass is 16.5. The van der Waals surface area contributed by atoms with E-state index in [1.807, 2.05) is 6.07 Å². The fraction of sp³-hybridized carbons (Fsp3) is 0. The summed E-state index contributed by atoms with van der Waals surface area (Å²) in [6, 6.07) is 13.3. The van der Waals surface area contributed by atoms with E-state index >= 15 is 0 Å². The number of benzene rings is 2. The highest BCUT2D eigenvalue weighted by Crippen LogP contribution is 2.36. The van der Waals surface area contributed by atoms with Crippen LogP contribution in [0, 0.1) is 0 Å². The quantitative estimate of drug-likeness (QED) is 0.269. The Balaban J connectivity index is 2.12. The zero-order valence-corrected chi connectivity index (χ0v) is 13.8. The van der Waals surface area contributed by atoms with E-state index in [4.69, 9.17) is 5.73 Å². The zero-order valence-electron chi connectivity index (χ0n) is 13.8. The fourth-order valence-corrected chi connectivity index (χ4v) is 3.47. The van der Waals surface area contributed by atoms with Gasteiger partial charge in [0.1, 0.15) is 11.6 Å². The molecule has 0 aliphatic heterocycles. The van der Waals surface area contributed by atoms with Gasteiger partial charge in [-0.25, -0.2) is 4.98 Å². The van der Waals surface area contributed by atoms with Crippen molar-refractivity contribution in [3.63, 3.8) is 0 Å². The number of pyridine rings is 2. The number of nitrogens with zero attached hydrogens (tertiary/aromatic N) is 3. The van der Waals surface area contributed by atoms with Gasteiger partial charge in [0.05, 0.1) is 22.0 Å². The second-order valence-electron chi connectivity index (χ2n) is 6.23. The predicted molar refractivity (Wildman–Crippen MR) is 102 cm³/mol. The van der Waals surface area contributed by atoms with E-state index in [0.29, 0.717) is 49.1 Å². The van der Waals surface area contributed by atoms with Gasteiger partial charge in [-0.1, -0.05) is 18.2 Å². The predicted octanol–water partition coefficient (Wildman–Crippen LogP) is 2.62. The lowest BCUT2D eigenvalue weighted by Gasteiger charge is -2.12. The minimum atomic E-state index is -0.609. The van der Waals surface area contributed by atoms with Crippen LogP contribution in [0.3, 0.4) is 0 Å². The van der Waals surface area contributed by atoms with Crippen molar-refractivity contribution in [3.05, 3.63) is 58.9 Å². The van der Waals surface area contributed by atoms with Gasteiger partial charge >= 0.3 is 0 Å². The fourth-order valence-electron chi connectivity index (χ4n) is 3.47. The molecule has 5 N–H and O–H groups in total. The Bertz CT molecular complexity index is 1420. The van der Waals surface area contributed by atoms with Crippen molar-refractivity contribution in [2.24, 2.45) is 0 Å². The number of nitrogens with two attached hydrogens (primary N) is 1. The van der Waals surface area contributed by atoms with Crippen molar-refractivity contribution < 1.29 is 10.3 Å². The summed E-state index contributed by atoms with van der Waals surface area (Å²) in [4.78, 5) is 17.5. The van der Waals surface area contributed by atoms with Crippen molar-refractivity contribution in [1.29, 1.82) is 0 Å². The molecule has 2 aromatic carbocycles. The molecule has 8 nitrogen and oxygen atoms in total. The Morgan fingerprint density at radius 2 is 1.74 bits per heavy atom. The van der Waals surface area contributed by atoms with Gasteiger partial charge < -0.3 is 16.0 Å². The largest absolute Gasteiger partial charge is 0.508 e. The number of nitrogen functional groups attached to an aromatic ring is 1. The Labute approximate surface area is 151 Å². The smallest absolute Gasteiger partial charge is 0.293 e. The van der Waals surface area contributed by atoms with E-state index in [0.717, 1.165) is 0 Å². The molecular formula is C19H13N5O3. The molecule has 0 atom stereocenters. The van der Waals surface area contributed by atoms with E-state index in [1.54, 1.807) is 30.3 Å². The summed E-state index contributed by atoms with van der Waals surface area (Å²) >= 11 is 0. The highest BCUT2D eigenvalue weighted by Gasteiger charge is 2.21. The standard InChI is InChI=1S/C19H13N5O3/c20-17-15-13-11-3-1-2-4-12(11)24(27)19(26)14(13)16(21-18(15)23-22-17)9-5-7-10(25)8-6-9/h1-8,25,27H,(H3,20,21,22,23). The lowest BCUT2D eigenvalue weighted by molar-refractivity contribution is 0.190.